The van der Waals surface area contributed by atoms with Gasteiger partial charge in [-0.1, -0.05) is 29.8 Å². The molecule has 9 heteroatoms. The van der Waals surface area contributed by atoms with E-state index in [9.17, 15) is 13.2 Å². The summed E-state index contributed by atoms with van der Waals surface area (Å²) in [5.41, 5.74) is 1.10. The molecule has 2 aromatic carbocycles. The number of pyridine rings is 1. The molecule has 1 heterocycles. The number of rotatable bonds is 8. The maximum Gasteiger partial charge on any atom is 0.264 e. The number of benzene rings is 2. The Bertz CT molecular complexity index is 1110. The third kappa shape index (κ3) is 5.08. The molecule has 0 aliphatic rings. The molecule has 0 aliphatic heterocycles. The van der Waals surface area contributed by atoms with Crippen LogP contribution in [-0.4, -0.2) is 33.0 Å². The van der Waals surface area contributed by atoms with Crippen molar-refractivity contribution in [2.75, 3.05) is 18.0 Å². The van der Waals surface area contributed by atoms with Crippen molar-refractivity contribution in [3.63, 3.8) is 0 Å². The van der Waals surface area contributed by atoms with Gasteiger partial charge in [-0.15, -0.1) is 0 Å². The number of aromatic nitrogens is 1. The molecule has 0 fully saturated rings. The quantitative estimate of drug-likeness (QED) is 0.575. The summed E-state index contributed by atoms with van der Waals surface area (Å²) in [7, 11) is -2.54. The highest BCUT2D eigenvalue weighted by atomic mass is 35.5. The number of nitrogens with zero attached hydrogens (tertiary/aromatic N) is 2. The Labute approximate surface area is 180 Å². The third-order valence-corrected chi connectivity index (χ3v) is 6.36. The number of halogens is 1. The Morgan fingerprint density at radius 3 is 2.43 bits per heavy atom. The highest BCUT2D eigenvalue weighted by Crippen LogP contribution is 2.31. The predicted octanol–water partition coefficient (Wildman–Crippen LogP) is 3.26. The summed E-state index contributed by atoms with van der Waals surface area (Å²) in [5, 5.41) is 2.97. The zero-order valence-corrected chi connectivity index (χ0v) is 17.7. The first kappa shape index (κ1) is 21.6. The third-order valence-electron chi connectivity index (χ3n) is 4.28. The van der Waals surface area contributed by atoms with Gasteiger partial charge in [-0.3, -0.25) is 14.1 Å². The number of ether oxygens (including phenoxy) is 1. The van der Waals surface area contributed by atoms with E-state index in [0.717, 1.165) is 9.87 Å². The van der Waals surface area contributed by atoms with Crippen molar-refractivity contribution >= 4 is 33.2 Å². The maximum absolute atomic E-state index is 13.3. The van der Waals surface area contributed by atoms with Crippen LogP contribution < -0.4 is 14.4 Å². The molecule has 1 N–H and O–H groups in total. The number of hydrogen-bond donors (Lipinski definition) is 1. The first-order valence-corrected chi connectivity index (χ1v) is 10.8. The molecule has 3 aromatic rings. The molecular weight excluding hydrogens is 426 g/mol. The van der Waals surface area contributed by atoms with Crippen LogP contribution in [0.1, 0.15) is 5.56 Å². The van der Waals surface area contributed by atoms with Gasteiger partial charge in [-0.25, -0.2) is 8.42 Å². The SMILES string of the molecule is COc1ccc(N(CC(=O)NCc2ccncc2)S(=O)(=O)c2ccccc2)cc1Cl. The normalized spacial score (nSPS) is 11.0. The van der Waals surface area contributed by atoms with Crippen molar-refractivity contribution in [3.05, 3.63) is 83.6 Å². The van der Waals surface area contributed by atoms with Crippen LogP contribution in [0.15, 0.2) is 78.0 Å². The molecule has 30 heavy (non-hydrogen) atoms. The average Bonchev–Trinajstić information content (AvgIpc) is 2.77. The van der Waals surface area contributed by atoms with E-state index < -0.39 is 22.5 Å². The Balaban J connectivity index is 1.89. The molecule has 0 atom stereocenters. The van der Waals surface area contributed by atoms with E-state index in [0.29, 0.717) is 5.75 Å². The molecule has 1 aromatic heterocycles. The summed E-state index contributed by atoms with van der Waals surface area (Å²) in [6, 6.07) is 16.0. The summed E-state index contributed by atoms with van der Waals surface area (Å²) < 4.78 is 32.7. The summed E-state index contributed by atoms with van der Waals surface area (Å²) in [4.78, 5) is 16.6. The van der Waals surface area contributed by atoms with Gasteiger partial charge in [-0.2, -0.15) is 0 Å². The molecule has 0 unspecified atom stereocenters. The molecule has 0 radical (unpaired) electrons. The number of methoxy groups -OCH3 is 1. The Morgan fingerprint density at radius 2 is 1.80 bits per heavy atom. The first-order valence-electron chi connectivity index (χ1n) is 8.99. The lowest BCUT2D eigenvalue weighted by Gasteiger charge is -2.24. The second-order valence-corrected chi connectivity index (χ2v) is 8.55. The van der Waals surface area contributed by atoms with Crippen LogP contribution in [0, 0.1) is 0 Å². The van der Waals surface area contributed by atoms with Gasteiger partial charge in [0.25, 0.3) is 10.0 Å². The number of nitrogens with one attached hydrogen (secondary N) is 1. The minimum atomic E-state index is -4.01. The minimum absolute atomic E-state index is 0.0684. The van der Waals surface area contributed by atoms with Crippen LogP contribution in [0.25, 0.3) is 0 Å². The lowest BCUT2D eigenvalue weighted by atomic mass is 10.2. The van der Waals surface area contributed by atoms with Crippen LogP contribution in [-0.2, 0) is 21.4 Å². The average molecular weight is 446 g/mol. The number of amides is 1. The summed E-state index contributed by atoms with van der Waals surface area (Å²) in [5.74, 6) is -0.0575. The maximum atomic E-state index is 13.3. The fraction of sp³-hybridized carbons (Fsp3) is 0.143. The molecule has 156 valence electrons. The number of anilines is 1. The molecule has 0 spiro atoms. The fourth-order valence-electron chi connectivity index (χ4n) is 2.73. The van der Waals surface area contributed by atoms with Gasteiger partial charge < -0.3 is 10.1 Å². The minimum Gasteiger partial charge on any atom is -0.495 e. The van der Waals surface area contributed by atoms with E-state index in [4.69, 9.17) is 16.3 Å². The Hall–Kier alpha value is -3.10. The molecular formula is C21H20ClN3O4S. The van der Waals surface area contributed by atoms with Crippen LogP contribution >= 0.6 is 11.6 Å². The van der Waals surface area contributed by atoms with E-state index in [2.05, 4.69) is 10.3 Å². The molecule has 0 aliphatic carbocycles. The van der Waals surface area contributed by atoms with E-state index in [1.807, 2.05) is 0 Å². The fourth-order valence-corrected chi connectivity index (χ4v) is 4.42. The smallest absolute Gasteiger partial charge is 0.264 e. The molecule has 0 saturated carbocycles. The predicted molar refractivity (Wildman–Crippen MR) is 115 cm³/mol. The number of carbonyl (C=O) groups is 1. The van der Waals surface area contributed by atoms with E-state index in [1.54, 1.807) is 54.9 Å². The van der Waals surface area contributed by atoms with Gasteiger partial charge in [0.15, 0.2) is 0 Å². The van der Waals surface area contributed by atoms with Gasteiger partial charge >= 0.3 is 0 Å². The van der Waals surface area contributed by atoms with Gasteiger partial charge in [0.05, 0.1) is 22.7 Å². The van der Waals surface area contributed by atoms with Crippen LogP contribution in [0.2, 0.25) is 5.02 Å². The van der Waals surface area contributed by atoms with Crippen LogP contribution in [0.4, 0.5) is 5.69 Å². The van der Waals surface area contributed by atoms with Crippen molar-refractivity contribution in [2.24, 2.45) is 0 Å². The standard InChI is InChI=1S/C21H20ClN3O4S/c1-29-20-8-7-17(13-19(20)22)25(30(27,28)18-5-3-2-4-6-18)15-21(26)24-14-16-9-11-23-12-10-16/h2-13H,14-15H2,1H3,(H,24,26). The molecule has 0 saturated heterocycles. The molecule has 7 nitrogen and oxygen atoms in total. The van der Waals surface area contributed by atoms with Crippen molar-refractivity contribution in [1.29, 1.82) is 0 Å². The van der Waals surface area contributed by atoms with Gasteiger partial charge in [0.1, 0.15) is 12.3 Å². The van der Waals surface area contributed by atoms with Crippen LogP contribution in [0.3, 0.4) is 0 Å². The Morgan fingerprint density at radius 1 is 1.10 bits per heavy atom. The highest BCUT2D eigenvalue weighted by molar-refractivity contribution is 7.92. The lowest BCUT2D eigenvalue weighted by Crippen LogP contribution is -2.40. The van der Waals surface area contributed by atoms with Gasteiger partial charge in [-0.05, 0) is 48.0 Å². The van der Waals surface area contributed by atoms with Crippen LogP contribution in [0.5, 0.6) is 5.75 Å². The molecule has 0 bridgehead atoms. The lowest BCUT2D eigenvalue weighted by molar-refractivity contribution is -0.119. The zero-order chi connectivity index (χ0) is 21.6. The van der Waals surface area contributed by atoms with Crippen molar-refractivity contribution in [3.8, 4) is 5.75 Å². The van der Waals surface area contributed by atoms with E-state index in [-0.39, 0.29) is 22.2 Å². The van der Waals surface area contributed by atoms with Gasteiger partial charge in [0.2, 0.25) is 5.91 Å². The summed E-state index contributed by atoms with van der Waals surface area (Å²) in [6.07, 6.45) is 3.24. The highest BCUT2D eigenvalue weighted by Gasteiger charge is 2.27. The second kappa shape index (κ2) is 9.60. The Kier molecular flexibility index (Phi) is 6.91. The summed E-state index contributed by atoms with van der Waals surface area (Å²) in [6.45, 7) is -0.158. The topological polar surface area (TPSA) is 88.6 Å². The molecule has 1 amide bonds. The largest absolute Gasteiger partial charge is 0.495 e. The van der Waals surface area contributed by atoms with Gasteiger partial charge in [0, 0.05) is 18.9 Å². The number of carbonyl (C=O) groups excluding carboxylic acids is 1. The van der Waals surface area contributed by atoms with Crippen molar-refractivity contribution < 1.29 is 17.9 Å². The molecule has 3 rings (SSSR count). The van der Waals surface area contributed by atoms with E-state index in [1.165, 1.54) is 25.3 Å². The zero-order valence-electron chi connectivity index (χ0n) is 16.2. The number of sulfonamides is 1. The van der Waals surface area contributed by atoms with E-state index >= 15 is 0 Å². The number of hydrogen-bond acceptors (Lipinski definition) is 5. The first-order chi connectivity index (χ1) is 14.4. The summed E-state index contributed by atoms with van der Waals surface area (Å²) >= 11 is 6.19. The van der Waals surface area contributed by atoms with Crippen molar-refractivity contribution in [1.82, 2.24) is 10.3 Å². The van der Waals surface area contributed by atoms with Crippen molar-refractivity contribution in [2.45, 2.75) is 11.4 Å². The second-order valence-electron chi connectivity index (χ2n) is 6.28. The monoisotopic (exact) mass is 445 g/mol.